The Balaban J connectivity index is 0.00000244. The van der Waals surface area contributed by atoms with Crippen LogP contribution in [0.15, 0.2) is 65.1 Å². The molecule has 392 valence electrons. The van der Waals surface area contributed by atoms with Crippen LogP contribution < -0.4 is 10.6 Å². The van der Waals surface area contributed by atoms with Gasteiger partial charge in [0.15, 0.2) is 19.2 Å². The van der Waals surface area contributed by atoms with Crippen molar-refractivity contribution in [3.05, 3.63) is 105 Å². The standard InChI is InChI=1S/C50H66OP2.C2H3N.2CHCl3.BF4.Cu/c1-45(2,3)33-25-37(47(7,8)9)43(38(26-33)48(10,11)12)52-29-31-21-19-23-35-36-24-20-22-32(42(36)51-41(31)35)30-53-44-39(49(13,14)15)27-34(46(4,5)6)28-40(44)50(16,17)18;1-2-3;2*2-1(3)4;2-1(3,4)5;/h19-30H,1-18H3;1H3;2*1H;;/q;;;;-1;+1/p+2. The molecule has 0 spiro atoms. The summed E-state index contributed by atoms with van der Waals surface area (Å²) >= 11 is 28.8. The molecule has 0 fully saturated rings. The second kappa shape index (κ2) is 27.4. The molecule has 2 atom stereocenters. The van der Waals surface area contributed by atoms with Gasteiger partial charge in [-0.25, -0.2) is 0 Å². The second-order valence-electron chi connectivity index (χ2n) is 22.7. The molecule has 0 saturated carbocycles. The van der Waals surface area contributed by atoms with Crippen molar-refractivity contribution >= 4 is 137 Å². The molecule has 0 aliphatic heterocycles. The maximum absolute atomic E-state index is 9.75. The van der Waals surface area contributed by atoms with E-state index in [0.29, 0.717) is 16.4 Å². The molecular weight excluding hydrogens is 1100 g/mol. The minimum atomic E-state index is -6.00. The van der Waals surface area contributed by atoms with Crippen molar-refractivity contribution < 1.29 is 38.7 Å². The third kappa shape index (κ3) is 22.6. The van der Waals surface area contributed by atoms with Crippen LogP contribution in [0.2, 0.25) is 0 Å². The zero-order chi connectivity index (χ0) is 54.1. The van der Waals surface area contributed by atoms with E-state index in [1.807, 2.05) is 0 Å². The summed E-state index contributed by atoms with van der Waals surface area (Å²) in [4.78, 5) is 0. The van der Waals surface area contributed by atoms with Gasteiger partial charge in [-0.2, -0.15) is 5.26 Å². The van der Waals surface area contributed by atoms with E-state index in [1.54, 1.807) is 6.07 Å². The van der Waals surface area contributed by atoms with Gasteiger partial charge in [-0.1, -0.05) is 243 Å². The van der Waals surface area contributed by atoms with Crippen molar-refractivity contribution in [1.82, 2.24) is 0 Å². The summed E-state index contributed by atoms with van der Waals surface area (Å²) in [5.41, 5.74) is 13.3. The number of furan rings is 1. The molecule has 1 aromatic heterocycles. The fourth-order valence-corrected chi connectivity index (χ4v) is 10.7. The molecule has 5 rings (SSSR count). The molecule has 0 radical (unpaired) electrons. The van der Waals surface area contributed by atoms with Gasteiger partial charge in [-0.05, 0) is 55.7 Å². The topological polar surface area (TPSA) is 36.9 Å². The predicted molar refractivity (Wildman–Crippen MR) is 309 cm³/mol. The van der Waals surface area contributed by atoms with E-state index in [9.17, 15) is 17.3 Å². The smallest absolute Gasteiger partial charge is 0.454 e. The van der Waals surface area contributed by atoms with Gasteiger partial charge in [-0.3, -0.25) is 0 Å². The molecule has 2 unspecified atom stereocenters. The zero-order valence-corrected chi connectivity index (χ0v) is 51.6. The van der Waals surface area contributed by atoms with Crippen LogP contribution in [0, 0.1) is 11.3 Å². The summed E-state index contributed by atoms with van der Waals surface area (Å²) < 4.78 is 44.5. The first-order valence-corrected chi connectivity index (χ1v) is 27.3. The fraction of sp³-hybridized carbons (Fsp3) is 0.500. The van der Waals surface area contributed by atoms with Crippen molar-refractivity contribution in [3.63, 3.8) is 0 Å². The molecule has 0 amide bonds. The van der Waals surface area contributed by atoms with Gasteiger partial charge in [-0.15, -0.1) is 0 Å². The number of benzene rings is 4. The van der Waals surface area contributed by atoms with Gasteiger partial charge >= 0.3 is 24.3 Å². The van der Waals surface area contributed by atoms with Crippen molar-refractivity contribution in [2.45, 2.75) is 173 Å². The maximum Gasteiger partial charge on any atom is 1.00 e. The van der Waals surface area contributed by atoms with Gasteiger partial charge in [0.05, 0.1) is 17.2 Å². The van der Waals surface area contributed by atoms with Crippen molar-refractivity contribution in [2.24, 2.45) is 0 Å². The molecule has 0 aliphatic carbocycles. The molecule has 2 nitrogen and oxygen atoms in total. The molecular formula is C54H73BCl6CuF4NOP2+2. The van der Waals surface area contributed by atoms with Crippen LogP contribution >= 0.6 is 86.0 Å². The number of nitrogens with zero attached hydrogens (tertiary/aromatic N) is 1. The minimum absolute atomic E-state index is 0. The first-order chi connectivity index (χ1) is 31.0. The van der Waals surface area contributed by atoms with Gasteiger partial charge < -0.3 is 21.7 Å². The normalized spacial score (nSPS) is 12.7. The molecule has 1 heterocycles. The van der Waals surface area contributed by atoms with Crippen LogP contribution in [0.1, 0.15) is 176 Å². The molecule has 4 aromatic carbocycles. The first kappa shape index (κ1) is 68.6. The quantitative estimate of drug-likeness (QED) is 0.0778. The Labute approximate surface area is 461 Å². The Hall–Kier alpha value is -1.45. The van der Waals surface area contributed by atoms with E-state index in [2.05, 4.69) is 197 Å². The van der Waals surface area contributed by atoms with Crippen LogP contribution in [0.3, 0.4) is 0 Å². The Morgan fingerprint density at radius 3 is 0.900 bits per heavy atom. The van der Waals surface area contributed by atoms with Crippen LogP contribution in [0.4, 0.5) is 17.3 Å². The van der Waals surface area contributed by atoms with E-state index in [1.165, 1.54) is 72.8 Å². The second-order valence-corrected chi connectivity index (χ2v) is 28.8. The SMILES string of the molecule is CC#N.CC(C)(C)c1cc(C(C)(C)C)c(/[PH+]=C/c2cccc3c2oc2c(/C=[PH+]/c4c(C(C)(C)C)cc(C(C)(C)C)cc4C(C)(C)C)cccc23)c(C(C)(C)C)c1.ClC(Cl)Cl.ClC(Cl)Cl.F[B-](F)(F)F.[Cu+]. The third-order valence-electron chi connectivity index (χ3n) is 10.6. The molecule has 0 N–H and O–H groups in total. The van der Waals surface area contributed by atoms with E-state index < -0.39 is 15.8 Å². The van der Waals surface area contributed by atoms with E-state index >= 15 is 0 Å². The van der Waals surface area contributed by atoms with E-state index in [0.717, 1.165) is 11.2 Å². The average Bonchev–Trinajstić information content (AvgIpc) is 3.52. The van der Waals surface area contributed by atoms with E-state index in [-0.39, 0.29) is 49.6 Å². The maximum atomic E-state index is 9.75. The Morgan fingerprint density at radius 2 is 0.714 bits per heavy atom. The van der Waals surface area contributed by atoms with Crippen LogP contribution in [0.25, 0.3) is 21.9 Å². The van der Waals surface area contributed by atoms with Crippen molar-refractivity contribution in [1.29, 1.82) is 5.26 Å². The summed E-state index contributed by atoms with van der Waals surface area (Å²) in [6, 6.07) is 25.0. The van der Waals surface area contributed by atoms with Crippen molar-refractivity contribution in [2.75, 3.05) is 0 Å². The third-order valence-corrected chi connectivity index (χ3v) is 13.1. The summed E-state index contributed by atoms with van der Waals surface area (Å²) in [7, 11) is -4.95. The van der Waals surface area contributed by atoms with Gasteiger partial charge in [0.1, 0.15) is 39.2 Å². The molecule has 0 bridgehead atoms. The summed E-state index contributed by atoms with van der Waals surface area (Å²) in [6.45, 7) is 43.8. The summed E-state index contributed by atoms with van der Waals surface area (Å²) in [5, 5.41) is 12.6. The number of fused-ring (bicyclic) bond motifs is 3. The molecule has 5 aromatic rings. The zero-order valence-electron chi connectivity index (χ0n) is 44.1. The number of hydrogen-bond acceptors (Lipinski definition) is 2. The Morgan fingerprint density at radius 1 is 0.500 bits per heavy atom. The van der Waals surface area contributed by atoms with Crippen LogP contribution in [-0.2, 0) is 49.6 Å². The number of para-hydroxylation sites is 2. The predicted octanol–water partition coefficient (Wildman–Crippen LogP) is 19.5. The number of alkyl halides is 6. The average molecular weight is 1180 g/mol. The molecule has 0 aliphatic rings. The number of rotatable bonds is 4. The van der Waals surface area contributed by atoms with Gasteiger partial charge in [0.2, 0.25) is 0 Å². The molecule has 16 heteroatoms. The van der Waals surface area contributed by atoms with Gasteiger partial charge in [0, 0.05) is 39.9 Å². The number of nitriles is 1. The minimum Gasteiger partial charge on any atom is -0.454 e. The van der Waals surface area contributed by atoms with Gasteiger partial charge in [0.25, 0.3) is 0 Å². The monoisotopic (exact) mass is 1170 g/mol. The van der Waals surface area contributed by atoms with Crippen LogP contribution in [-0.4, -0.2) is 27.4 Å². The Bertz CT molecular complexity index is 2340. The van der Waals surface area contributed by atoms with Crippen molar-refractivity contribution in [3.8, 4) is 6.07 Å². The fourth-order valence-electron chi connectivity index (χ4n) is 7.22. The number of halogens is 10. The van der Waals surface area contributed by atoms with Crippen LogP contribution in [0.5, 0.6) is 0 Å². The summed E-state index contributed by atoms with van der Waals surface area (Å²) in [5.74, 6) is 4.88. The first-order valence-electron chi connectivity index (χ1n) is 22.5. The number of hydrogen-bond donors (Lipinski definition) is 0. The van der Waals surface area contributed by atoms with E-state index in [4.69, 9.17) is 79.3 Å². The Kier molecular flexibility index (Phi) is 26.8. The largest absolute Gasteiger partial charge is 1.00 e. The molecule has 70 heavy (non-hydrogen) atoms. The summed E-state index contributed by atoms with van der Waals surface area (Å²) in [6.07, 6.45) is 0. The molecule has 0 saturated heterocycles.